The molecule has 8 heteroatoms. The first-order chi connectivity index (χ1) is 14.6. The van der Waals surface area contributed by atoms with Crippen LogP contribution >= 0.6 is 23.1 Å². The Hall–Kier alpha value is -2.71. The van der Waals surface area contributed by atoms with E-state index in [9.17, 15) is 9.59 Å². The van der Waals surface area contributed by atoms with E-state index in [-0.39, 0.29) is 17.7 Å². The van der Waals surface area contributed by atoms with Gasteiger partial charge < -0.3 is 4.90 Å². The molecule has 1 fully saturated rings. The molecule has 0 radical (unpaired) electrons. The monoisotopic (exact) mass is 438 g/mol. The van der Waals surface area contributed by atoms with Crippen molar-refractivity contribution >= 4 is 45.7 Å². The van der Waals surface area contributed by atoms with Crippen LogP contribution in [0.3, 0.4) is 0 Å². The number of anilines is 2. The molecular weight excluding hydrogens is 416 g/mol. The summed E-state index contributed by atoms with van der Waals surface area (Å²) >= 11 is 2.82. The number of aryl methyl sites for hydroxylation is 1. The van der Waals surface area contributed by atoms with E-state index >= 15 is 0 Å². The number of nitrogens with zero attached hydrogens (tertiary/aromatic N) is 3. The first-order valence-electron chi connectivity index (χ1n) is 9.82. The van der Waals surface area contributed by atoms with E-state index < -0.39 is 0 Å². The normalized spacial score (nSPS) is 16.1. The van der Waals surface area contributed by atoms with E-state index in [0.717, 1.165) is 22.0 Å². The maximum absolute atomic E-state index is 12.5. The Morgan fingerprint density at radius 3 is 2.67 bits per heavy atom. The number of thioether (sulfide) groups is 1. The molecule has 2 aromatic carbocycles. The van der Waals surface area contributed by atoms with E-state index in [1.54, 1.807) is 4.90 Å². The molecule has 2 heterocycles. The molecule has 3 aromatic rings. The number of nitrogens with one attached hydrogen (secondary N) is 1. The Balaban J connectivity index is 1.34. The van der Waals surface area contributed by atoms with Crippen LogP contribution in [0.4, 0.5) is 10.8 Å². The van der Waals surface area contributed by atoms with Crippen molar-refractivity contribution in [3.05, 3.63) is 65.2 Å². The second-order valence-corrected chi connectivity index (χ2v) is 9.08. The Labute approximate surface area is 183 Å². The van der Waals surface area contributed by atoms with Crippen LogP contribution in [0.25, 0.3) is 0 Å². The summed E-state index contributed by atoms with van der Waals surface area (Å²) in [5.41, 5.74) is 2.16. The van der Waals surface area contributed by atoms with Crippen LogP contribution in [-0.4, -0.2) is 34.3 Å². The van der Waals surface area contributed by atoms with Crippen molar-refractivity contribution in [2.75, 3.05) is 22.5 Å². The Bertz CT molecular complexity index is 1020. The van der Waals surface area contributed by atoms with Crippen LogP contribution in [0.15, 0.2) is 59.5 Å². The smallest absolute Gasteiger partial charge is 0.236 e. The second kappa shape index (κ2) is 9.40. The third kappa shape index (κ3) is 4.88. The summed E-state index contributed by atoms with van der Waals surface area (Å²) in [6, 6.07) is 17.9. The molecule has 0 saturated carbocycles. The molecule has 1 unspecified atom stereocenters. The molecule has 0 aliphatic carbocycles. The molecule has 6 nitrogen and oxygen atoms in total. The molecule has 1 aromatic heterocycles. The summed E-state index contributed by atoms with van der Waals surface area (Å²) < 4.78 is 0. The van der Waals surface area contributed by atoms with E-state index in [4.69, 9.17) is 0 Å². The van der Waals surface area contributed by atoms with Gasteiger partial charge in [0.25, 0.3) is 0 Å². The van der Waals surface area contributed by atoms with Gasteiger partial charge in [0.15, 0.2) is 0 Å². The zero-order valence-corrected chi connectivity index (χ0v) is 18.2. The van der Waals surface area contributed by atoms with E-state index in [2.05, 4.69) is 34.6 Å². The number of hydrogen-bond donors (Lipinski definition) is 1. The largest absolute Gasteiger partial charge is 0.312 e. The minimum absolute atomic E-state index is 0.00908. The van der Waals surface area contributed by atoms with Gasteiger partial charge >= 0.3 is 0 Å². The highest BCUT2D eigenvalue weighted by Gasteiger charge is 2.34. The number of aromatic nitrogens is 2. The SMILES string of the molecule is CCc1ccc(N2CC(c3nnc(NC(=O)CSc4ccccc4)s3)CC2=O)cc1. The van der Waals surface area contributed by atoms with Gasteiger partial charge in [-0.25, -0.2) is 0 Å². The minimum Gasteiger partial charge on any atom is -0.312 e. The fraction of sp³-hybridized carbons (Fsp3) is 0.273. The summed E-state index contributed by atoms with van der Waals surface area (Å²) in [5.74, 6) is 0.267. The lowest BCUT2D eigenvalue weighted by Gasteiger charge is -2.16. The van der Waals surface area contributed by atoms with Gasteiger partial charge in [0.1, 0.15) is 5.01 Å². The van der Waals surface area contributed by atoms with Crippen molar-refractivity contribution in [3.63, 3.8) is 0 Å². The van der Waals surface area contributed by atoms with Crippen LogP contribution in [-0.2, 0) is 16.0 Å². The van der Waals surface area contributed by atoms with Gasteiger partial charge in [-0.2, -0.15) is 0 Å². The van der Waals surface area contributed by atoms with Gasteiger partial charge in [-0.15, -0.1) is 22.0 Å². The van der Waals surface area contributed by atoms with Gasteiger partial charge in [0, 0.05) is 29.5 Å². The van der Waals surface area contributed by atoms with Gasteiger partial charge in [-0.1, -0.05) is 48.6 Å². The second-order valence-electron chi connectivity index (χ2n) is 7.02. The zero-order chi connectivity index (χ0) is 20.9. The maximum Gasteiger partial charge on any atom is 0.236 e. The molecule has 1 aliphatic rings. The topological polar surface area (TPSA) is 75.2 Å². The van der Waals surface area contributed by atoms with Gasteiger partial charge in [-0.05, 0) is 36.2 Å². The molecule has 0 spiro atoms. The number of carbonyl (C=O) groups excluding carboxylic acids is 2. The summed E-state index contributed by atoms with van der Waals surface area (Å²) in [7, 11) is 0. The molecule has 1 N–H and O–H groups in total. The zero-order valence-electron chi connectivity index (χ0n) is 16.6. The number of benzene rings is 2. The summed E-state index contributed by atoms with van der Waals surface area (Å²) in [4.78, 5) is 27.6. The predicted octanol–water partition coefficient (Wildman–Crippen LogP) is 4.35. The van der Waals surface area contributed by atoms with Crippen LogP contribution in [0.5, 0.6) is 0 Å². The fourth-order valence-corrected chi connectivity index (χ4v) is 4.88. The minimum atomic E-state index is -0.119. The van der Waals surface area contributed by atoms with Gasteiger partial charge in [-0.3, -0.25) is 14.9 Å². The van der Waals surface area contributed by atoms with Crippen LogP contribution in [0, 0.1) is 0 Å². The molecule has 1 atom stereocenters. The first kappa shape index (κ1) is 20.6. The third-order valence-electron chi connectivity index (χ3n) is 4.93. The number of rotatable bonds is 7. The summed E-state index contributed by atoms with van der Waals surface area (Å²) in [6.07, 6.45) is 1.38. The van der Waals surface area contributed by atoms with Crippen molar-refractivity contribution in [2.45, 2.75) is 30.6 Å². The predicted molar refractivity (Wildman–Crippen MR) is 121 cm³/mol. The molecular formula is C22H22N4O2S2. The van der Waals surface area contributed by atoms with E-state index in [0.29, 0.717) is 23.8 Å². The summed E-state index contributed by atoms with van der Waals surface area (Å²) in [5, 5.41) is 12.4. The van der Waals surface area contributed by atoms with Gasteiger partial charge in [0.2, 0.25) is 16.9 Å². The van der Waals surface area contributed by atoms with Gasteiger partial charge in [0.05, 0.1) is 5.75 Å². The summed E-state index contributed by atoms with van der Waals surface area (Å²) in [6.45, 7) is 2.69. The lowest BCUT2D eigenvalue weighted by molar-refractivity contribution is -0.117. The number of amides is 2. The van der Waals surface area contributed by atoms with E-state index in [1.807, 2.05) is 42.5 Å². The average Bonchev–Trinajstić information content (AvgIpc) is 3.39. The lowest BCUT2D eigenvalue weighted by atomic mass is 10.1. The maximum atomic E-state index is 12.5. The third-order valence-corrected chi connectivity index (χ3v) is 6.94. The molecule has 30 heavy (non-hydrogen) atoms. The molecule has 1 aliphatic heterocycles. The van der Waals surface area contributed by atoms with Crippen LogP contribution in [0.2, 0.25) is 0 Å². The standard InChI is InChI=1S/C22H22N4O2S2/c1-2-15-8-10-17(11-9-15)26-13-16(12-20(26)28)21-24-25-22(30-21)23-19(27)14-29-18-6-4-3-5-7-18/h3-11,16H,2,12-14H2,1H3,(H,23,25,27). The highest BCUT2D eigenvalue weighted by atomic mass is 32.2. The Kier molecular flexibility index (Phi) is 6.44. The van der Waals surface area contributed by atoms with Crippen molar-refractivity contribution in [2.24, 2.45) is 0 Å². The fourth-order valence-electron chi connectivity index (χ4n) is 3.31. The highest BCUT2D eigenvalue weighted by molar-refractivity contribution is 8.00. The van der Waals surface area contributed by atoms with E-state index in [1.165, 1.54) is 28.7 Å². The van der Waals surface area contributed by atoms with Crippen LogP contribution in [0.1, 0.15) is 29.8 Å². The number of hydrogen-bond acceptors (Lipinski definition) is 6. The molecule has 1 saturated heterocycles. The van der Waals surface area contributed by atoms with Crippen LogP contribution < -0.4 is 10.2 Å². The Morgan fingerprint density at radius 1 is 1.17 bits per heavy atom. The molecule has 0 bridgehead atoms. The quantitative estimate of drug-likeness (QED) is 0.555. The molecule has 4 rings (SSSR count). The van der Waals surface area contributed by atoms with Crippen molar-refractivity contribution < 1.29 is 9.59 Å². The lowest BCUT2D eigenvalue weighted by Crippen LogP contribution is -2.24. The average molecular weight is 439 g/mol. The van der Waals surface area contributed by atoms with Crippen molar-refractivity contribution in [3.8, 4) is 0 Å². The highest BCUT2D eigenvalue weighted by Crippen LogP contribution is 2.34. The first-order valence-corrected chi connectivity index (χ1v) is 11.6. The molecule has 2 amide bonds. The number of carbonyl (C=O) groups is 2. The van der Waals surface area contributed by atoms with Crippen molar-refractivity contribution in [1.82, 2.24) is 10.2 Å². The van der Waals surface area contributed by atoms with Crippen molar-refractivity contribution in [1.29, 1.82) is 0 Å². The Morgan fingerprint density at radius 2 is 1.93 bits per heavy atom. The molecule has 154 valence electrons.